The minimum Gasteiger partial charge on any atom is -0.484 e. The Morgan fingerprint density at radius 1 is 1.33 bits per heavy atom. The van der Waals surface area contributed by atoms with Crippen LogP contribution in [0.25, 0.3) is 0 Å². The Kier molecular flexibility index (Phi) is 4.65. The highest BCUT2D eigenvalue weighted by atomic mass is 16.6. The maximum absolute atomic E-state index is 11.3. The van der Waals surface area contributed by atoms with Crippen LogP contribution in [-0.2, 0) is 6.54 Å². The van der Waals surface area contributed by atoms with Gasteiger partial charge < -0.3 is 10.1 Å². The van der Waals surface area contributed by atoms with Crippen LogP contribution in [0.5, 0.6) is 5.75 Å². The molecule has 21 heavy (non-hydrogen) atoms. The van der Waals surface area contributed by atoms with Gasteiger partial charge >= 0.3 is 5.69 Å². The number of nitro benzene ring substituents is 1. The second-order valence-corrected chi connectivity index (χ2v) is 4.64. The first-order valence-corrected chi connectivity index (χ1v) is 6.52. The molecule has 1 heterocycles. The van der Waals surface area contributed by atoms with Crippen LogP contribution in [0, 0.1) is 10.1 Å². The summed E-state index contributed by atoms with van der Waals surface area (Å²) in [5.41, 5.74) is 1.01. The van der Waals surface area contributed by atoms with E-state index >= 15 is 0 Å². The van der Waals surface area contributed by atoms with Gasteiger partial charge in [-0.2, -0.15) is 10.2 Å². The fourth-order valence-electron chi connectivity index (χ4n) is 1.82. The van der Waals surface area contributed by atoms with Crippen molar-refractivity contribution in [2.45, 2.75) is 26.5 Å². The number of benzene rings is 1. The molecule has 110 valence electrons. The molecule has 7 heteroatoms. The van der Waals surface area contributed by atoms with Gasteiger partial charge in [-0.05, 0) is 38.1 Å². The molecule has 2 aromatic rings. The second-order valence-electron chi connectivity index (χ2n) is 4.64. The molecule has 0 saturated carbocycles. The van der Waals surface area contributed by atoms with Gasteiger partial charge in [0.25, 0.3) is 0 Å². The molecule has 7 nitrogen and oxygen atoms in total. The SMILES string of the molecule is CC(C)Oc1cccc(NCc2cccnn2)c1[N+](=O)[O-]. The lowest BCUT2D eigenvalue weighted by Crippen LogP contribution is -2.09. The lowest BCUT2D eigenvalue weighted by Gasteiger charge is -2.13. The number of anilines is 1. The zero-order valence-corrected chi connectivity index (χ0v) is 11.8. The quantitative estimate of drug-likeness (QED) is 0.649. The number of nitro groups is 1. The van der Waals surface area contributed by atoms with Crippen molar-refractivity contribution in [3.05, 3.63) is 52.3 Å². The van der Waals surface area contributed by atoms with Gasteiger partial charge in [0.15, 0.2) is 5.75 Å². The van der Waals surface area contributed by atoms with Crippen LogP contribution >= 0.6 is 0 Å². The first-order valence-electron chi connectivity index (χ1n) is 6.52. The van der Waals surface area contributed by atoms with E-state index in [1.54, 1.807) is 36.5 Å². The van der Waals surface area contributed by atoms with Crippen LogP contribution in [0.3, 0.4) is 0 Å². The molecular formula is C14H16N4O3. The normalized spacial score (nSPS) is 10.4. The van der Waals surface area contributed by atoms with E-state index in [1.807, 2.05) is 13.8 Å². The van der Waals surface area contributed by atoms with E-state index in [2.05, 4.69) is 15.5 Å². The van der Waals surface area contributed by atoms with Crippen LogP contribution in [-0.4, -0.2) is 21.2 Å². The molecule has 0 aliphatic rings. The average molecular weight is 288 g/mol. The van der Waals surface area contributed by atoms with Gasteiger partial charge in [-0.3, -0.25) is 10.1 Å². The molecule has 0 bridgehead atoms. The van der Waals surface area contributed by atoms with Crippen LogP contribution < -0.4 is 10.1 Å². The Labute approximate surface area is 122 Å². The van der Waals surface area contributed by atoms with Gasteiger partial charge in [-0.1, -0.05) is 6.07 Å². The standard InChI is InChI=1S/C14H16N4O3/c1-10(2)21-13-7-3-6-12(14(13)18(19)20)15-9-11-5-4-8-16-17-11/h3-8,10,15H,9H2,1-2H3. The molecule has 1 N–H and O–H groups in total. The number of ether oxygens (including phenoxy) is 1. The number of hydrogen-bond acceptors (Lipinski definition) is 6. The average Bonchev–Trinajstić information content (AvgIpc) is 2.45. The zero-order chi connectivity index (χ0) is 15.2. The molecule has 0 fully saturated rings. The van der Waals surface area contributed by atoms with Crippen LogP contribution in [0.4, 0.5) is 11.4 Å². The smallest absolute Gasteiger partial charge is 0.333 e. The predicted octanol–water partition coefficient (Wildman–Crippen LogP) is 2.78. The highest BCUT2D eigenvalue weighted by Crippen LogP contribution is 2.35. The van der Waals surface area contributed by atoms with Gasteiger partial charge in [-0.15, -0.1) is 0 Å². The highest BCUT2D eigenvalue weighted by molar-refractivity contribution is 5.68. The Bertz CT molecular complexity index is 617. The maximum Gasteiger partial charge on any atom is 0.333 e. The summed E-state index contributed by atoms with van der Waals surface area (Å²) >= 11 is 0. The molecular weight excluding hydrogens is 272 g/mol. The van der Waals surface area contributed by atoms with Crippen molar-refractivity contribution in [1.82, 2.24) is 10.2 Å². The van der Waals surface area contributed by atoms with Crippen molar-refractivity contribution in [2.75, 3.05) is 5.32 Å². The van der Waals surface area contributed by atoms with E-state index in [4.69, 9.17) is 4.74 Å². The van der Waals surface area contributed by atoms with Crippen LogP contribution in [0.1, 0.15) is 19.5 Å². The van der Waals surface area contributed by atoms with Crippen molar-refractivity contribution in [3.8, 4) is 5.75 Å². The summed E-state index contributed by atoms with van der Waals surface area (Å²) in [6.07, 6.45) is 1.43. The van der Waals surface area contributed by atoms with E-state index in [0.29, 0.717) is 17.9 Å². The first-order chi connectivity index (χ1) is 10.1. The summed E-state index contributed by atoms with van der Waals surface area (Å²) in [5.74, 6) is 0.249. The lowest BCUT2D eigenvalue weighted by atomic mass is 10.2. The maximum atomic E-state index is 11.3. The Morgan fingerprint density at radius 3 is 2.76 bits per heavy atom. The van der Waals surface area contributed by atoms with Crippen molar-refractivity contribution in [3.63, 3.8) is 0 Å². The number of hydrogen-bond donors (Lipinski definition) is 1. The Morgan fingerprint density at radius 2 is 2.14 bits per heavy atom. The summed E-state index contributed by atoms with van der Waals surface area (Å²) < 4.78 is 5.49. The van der Waals surface area contributed by atoms with Crippen molar-refractivity contribution < 1.29 is 9.66 Å². The predicted molar refractivity (Wildman–Crippen MR) is 78.2 cm³/mol. The van der Waals surface area contributed by atoms with E-state index in [9.17, 15) is 10.1 Å². The van der Waals surface area contributed by atoms with Crippen molar-refractivity contribution >= 4 is 11.4 Å². The van der Waals surface area contributed by atoms with Crippen LogP contribution in [0.2, 0.25) is 0 Å². The topological polar surface area (TPSA) is 90.2 Å². The van der Waals surface area contributed by atoms with E-state index in [0.717, 1.165) is 0 Å². The summed E-state index contributed by atoms with van der Waals surface area (Å²) in [6.45, 7) is 3.99. The minimum atomic E-state index is -0.448. The van der Waals surface area contributed by atoms with E-state index < -0.39 is 4.92 Å². The zero-order valence-electron chi connectivity index (χ0n) is 11.8. The molecule has 0 atom stereocenters. The molecule has 0 radical (unpaired) electrons. The molecule has 1 aromatic carbocycles. The summed E-state index contributed by atoms with van der Waals surface area (Å²) in [5, 5.41) is 22.0. The third-order valence-corrected chi connectivity index (χ3v) is 2.63. The second kappa shape index (κ2) is 6.65. The van der Waals surface area contributed by atoms with Crippen molar-refractivity contribution in [1.29, 1.82) is 0 Å². The largest absolute Gasteiger partial charge is 0.484 e. The molecule has 0 amide bonds. The van der Waals surface area contributed by atoms with Gasteiger partial charge in [-0.25, -0.2) is 0 Å². The number of nitrogens with one attached hydrogen (secondary N) is 1. The van der Waals surface area contributed by atoms with Gasteiger partial charge in [0.05, 0.1) is 23.3 Å². The fourth-order valence-corrected chi connectivity index (χ4v) is 1.82. The van der Waals surface area contributed by atoms with Gasteiger partial charge in [0.2, 0.25) is 0 Å². The monoisotopic (exact) mass is 288 g/mol. The fraction of sp³-hybridized carbons (Fsp3) is 0.286. The molecule has 2 rings (SSSR count). The lowest BCUT2D eigenvalue weighted by molar-refractivity contribution is -0.385. The first kappa shape index (κ1) is 14.7. The van der Waals surface area contributed by atoms with Gasteiger partial charge in [0, 0.05) is 6.20 Å². The third kappa shape index (κ3) is 3.88. The number of para-hydroxylation sites is 1. The number of nitrogens with zero attached hydrogens (tertiary/aromatic N) is 3. The summed E-state index contributed by atoms with van der Waals surface area (Å²) in [7, 11) is 0. The summed E-state index contributed by atoms with van der Waals surface area (Å²) in [4.78, 5) is 10.8. The summed E-state index contributed by atoms with van der Waals surface area (Å²) in [6, 6.07) is 8.49. The Hall–Kier alpha value is -2.70. The third-order valence-electron chi connectivity index (χ3n) is 2.63. The molecule has 0 spiro atoms. The number of aromatic nitrogens is 2. The van der Waals surface area contributed by atoms with E-state index in [1.165, 1.54) is 0 Å². The van der Waals surface area contributed by atoms with Crippen LogP contribution in [0.15, 0.2) is 36.5 Å². The number of rotatable bonds is 6. The molecule has 0 unspecified atom stereocenters. The molecule has 0 aliphatic carbocycles. The molecule has 0 saturated heterocycles. The molecule has 0 aliphatic heterocycles. The van der Waals surface area contributed by atoms with E-state index in [-0.39, 0.29) is 17.5 Å². The Balaban J connectivity index is 2.24. The molecule has 1 aromatic heterocycles. The van der Waals surface area contributed by atoms with Gasteiger partial charge in [0.1, 0.15) is 5.69 Å². The highest BCUT2D eigenvalue weighted by Gasteiger charge is 2.21. The minimum absolute atomic E-state index is 0.0740. The van der Waals surface area contributed by atoms with Crippen molar-refractivity contribution in [2.24, 2.45) is 0 Å².